The van der Waals surface area contributed by atoms with E-state index in [9.17, 15) is 10.1 Å². The Kier molecular flexibility index (Phi) is 3.42. The lowest BCUT2D eigenvalue weighted by Gasteiger charge is -2.09. The van der Waals surface area contributed by atoms with Crippen molar-refractivity contribution >= 4 is 22.3 Å². The summed E-state index contributed by atoms with van der Waals surface area (Å²) in [4.78, 5) is 18.9. The number of rotatable bonds is 4. The second-order valence-electron chi connectivity index (χ2n) is 4.50. The van der Waals surface area contributed by atoms with E-state index in [0.717, 1.165) is 11.3 Å². The number of hydrogen-bond donors (Lipinski definition) is 1. The van der Waals surface area contributed by atoms with E-state index in [-0.39, 0.29) is 5.69 Å². The molecule has 3 rings (SSSR count). The molecule has 6 nitrogen and oxygen atoms in total. The molecule has 0 atom stereocenters. The molecule has 2 aromatic heterocycles. The Hall–Kier alpha value is -3.02. The molecule has 3 aromatic rings. The Morgan fingerprint density at radius 1 is 1.10 bits per heavy atom. The molecular weight excluding hydrogens is 268 g/mol. The Morgan fingerprint density at radius 2 is 1.90 bits per heavy atom. The third-order valence-corrected chi connectivity index (χ3v) is 3.18. The molecule has 0 unspecified atom stereocenters. The molecule has 0 fully saturated rings. The largest absolute Gasteiger partial charge is 0.379 e. The smallest absolute Gasteiger partial charge is 0.278 e. The normalized spacial score (nSPS) is 10.5. The van der Waals surface area contributed by atoms with E-state index in [1.165, 1.54) is 6.07 Å². The summed E-state index contributed by atoms with van der Waals surface area (Å²) >= 11 is 0. The fourth-order valence-corrected chi connectivity index (χ4v) is 2.16. The van der Waals surface area contributed by atoms with Crippen molar-refractivity contribution in [2.24, 2.45) is 0 Å². The van der Waals surface area contributed by atoms with E-state index in [0.29, 0.717) is 17.4 Å². The number of nitrogens with one attached hydrogen (secondary N) is 1. The zero-order valence-electron chi connectivity index (χ0n) is 11.1. The number of nitro groups is 1. The molecule has 0 saturated heterocycles. The third-order valence-electron chi connectivity index (χ3n) is 3.18. The summed E-state index contributed by atoms with van der Waals surface area (Å²) < 4.78 is 0. The molecule has 1 N–H and O–H groups in total. The quantitative estimate of drug-likeness (QED) is 0.586. The maximum Gasteiger partial charge on any atom is 0.278 e. The van der Waals surface area contributed by atoms with Crippen LogP contribution in [0.15, 0.2) is 55.0 Å². The van der Waals surface area contributed by atoms with Crippen LogP contribution in [0.4, 0.5) is 11.4 Å². The van der Waals surface area contributed by atoms with Gasteiger partial charge in [-0.25, -0.2) is 0 Å². The van der Waals surface area contributed by atoms with Crippen molar-refractivity contribution in [2.45, 2.75) is 6.54 Å². The first kappa shape index (κ1) is 13.0. The molecule has 6 heteroatoms. The highest BCUT2D eigenvalue weighted by Crippen LogP contribution is 2.29. The van der Waals surface area contributed by atoms with Gasteiger partial charge in [0, 0.05) is 31.2 Å². The van der Waals surface area contributed by atoms with E-state index >= 15 is 0 Å². The fourth-order valence-electron chi connectivity index (χ4n) is 2.16. The van der Waals surface area contributed by atoms with Crippen LogP contribution in [0, 0.1) is 10.1 Å². The van der Waals surface area contributed by atoms with Crippen LogP contribution >= 0.6 is 0 Å². The van der Waals surface area contributed by atoms with E-state index in [4.69, 9.17) is 0 Å². The van der Waals surface area contributed by atoms with Crippen molar-refractivity contribution in [1.29, 1.82) is 0 Å². The van der Waals surface area contributed by atoms with Crippen molar-refractivity contribution in [1.82, 2.24) is 9.97 Å². The first-order valence-corrected chi connectivity index (χ1v) is 6.40. The van der Waals surface area contributed by atoms with Crippen molar-refractivity contribution in [2.75, 3.05) is 5.32 Å². The number of nitro benzene ring substituents is 1. The molecule has 0 radical (unpaired) electrons. The SMILES string of the molecule is O=[N+]([O-])c1ccc(NCc2ccncc2)c2ncccc12. The van der Waals surface area contributed by atoms with Crippen LogP contribution in [-0.4, -0.2) is 14.9 Å². The van der Waals surface area contributed by atoms with Gasteiger partial charge in [0.1, 0.15) is 5.52 Å². The van der Waals surface area contributed by atoms with Crippen molar-refractivity contribution in [3.63, 3.8) is 0 Å². The summed E-state index contributed by atoms with van der Waals surface area (Å²) in [6.45, 7) is 0.603. The summed E-state index contributed by atoms with van der Waals surface area (Å²) in [6.07, 6.45) is 5.08. The lowest BCUT2D eigenvalue weighted by atomic mass is 10.1. The third kappa shape index (κ3) is 2.64. The van der Waals surface area contributed by atoms with Gasteiger partial charge < -0.3 is 5.32 Å². The highest BCUT2D eigenvalue weighted by Gasteiger charge is 2.14. The highest BCUT2D eigenvalue weighted by molar-refractivity contribution is 5.96. The summed E-state index contributed by atoms with van der Waals surface area (Å²) in [5.41, 5.74) is 2.51. The average Bonchev–Trinajstić information content (AvgIpc) is 2.53. The van der Waals surface area contributed by atoms with E-state index in [2.05, 4.69) is 15.3 Å². The monoisotopic (exact) mass is 280 g/mol. The Balaban J connectivity index is 1.96. The van der Waals surface area contributed by atoms with E-state index in [1.54, 1.807) is 36.8 Å². The molecule has 2 heterocycles. The highest BCUT2D eigenvalue weighted by atomic mass is 16.6. The van der Waals surface area contributed by atoms with Crippen molar-refractivity contribution < 1.29 is 4.92 Å². The Morgan fingerprint density at radius 3 is 2.67 bits per heavy atom. The van der Waals surface area contributed by atoms with Gasteiger partial charge in [-0.2, -0.15) is 0 Å². The van der Waals surface area contributed by atoms with Crippen LogP contribution in [0.2, 0.25) is 0 Å². The number of fused-ring (bicyclic) bond motifs is 1. The van der Waals surface area contributed by atoms with Gasteiger partial charge in [-0.3, -0.25) is 20.1 Å². The zero-order valence-corrected chi connectivity index (χ0v) is 11.1. The van der Waals surface area contributed by atoms with Gasteiger partial charge >= 0.3 is 0 Å². The first-order valence-electron chi connectivity index (χ1n) is 6.40. The minimum absolute atomic E-state index is 0.0626. The van der Waals surface area contributed by atoms with Crippen LogP contribution in [0.1, 0.15) is 5.56 Å². The molecule has 1 aromatic carbocycles. The lowest BCUT2D eigenvalue weighted by molar-refractivity contribution is -0.383. The molecule has 0 aliphatic rings. The summed E-state index contributed by atoms with van der Waals surface area (Å²) in [7, 11) is 0. The van der Waals surface area contributed by atoms with Crippen LogP contribution in [-0.2, 0) is 6.54 Å². The molecule has 21 heavy (non-hydrogen) atoms. The van der Waals surface area contributed by atoms with Crippen LogP contribution in [0.3, 0.4) is 0 Å². The van der Waals surface area contributed by atoms with Gasteiger partial charge in [-0.15, -0.1) is 0 Å². The molecule has 0 amide bonds. The van der Waals surface area contributed by atoms with Gasteiger partial charge in [-0.1, -0.05) is 0 Å². The van der Waals surface area contributed by atoms with E-state index in [1.807, 2.05) is 12.1 Å². The molecule has 0 spiro atoms. The summed E-state index contributed by atoms with van der Waals surface area (Å²) in [6, 6.07) is 10.4. The molecule has 0 aliphatic heterocycles. The maximum atomic E-state index is 11.1. The van der Waals surface area contributed by atoms with Crippen molar-refractivity contribution in [3.8, 4) is 0 Å². The minimum atomic E-state index is -0.392. The minimum Gasteiger partial charge on any atom is -0.379 e. The number of nitrogens with zero attached hydrogens (tertiary/aromatic N) is 3. The second-order valence-corrected chi connectivity index (χ2v) is 4.50. The van der Waals surface area contributed by atoms with Gasteiger partial charge in [0.15, 0.2) is 0 Å². The standard InChI is InChI=1S/C15H12N4O2/c20-19(21)14-4-3-13(15-12(14)2-1-7-17-15)18-10-11-5-8-16-9-6-11/h1-9,18H,10H2. The number of aromatic nitrogens is 2. The molecule has 0 bridgehead atoms. The van der Waals surface area contributed by atoms with Gasteiger partial charge in [-0.05, 0) is 35.9 Å². The van der Waals surface area contributed by atoms with Gasteiger partial charge in [0.2, 0.25) is 0 Å². The van der Waals surface area contributed by atoms with Crippen LogP contribution in [0.25, 0.3) is 10.9 Å². The topological polar surface area (TPSA) is 81.0 Å². The average molecular weight is 280 g/mol. The summed E-state index contributed by atoms with van der Waals surface area (Å²) in [5.74, 6) is 0. The molecule has 0 saturated carbocycles. The number of pyridine rings is 2. The lowest BCUT2D eigenvalue weighted by Crippen LogP contribution is -2.01. The Bertz CT molecular complexity index is 790. The fraction of sp³-hybridized carbons (Fsp3) is 0.0667. The summed E-state index contributed by atoms with van der Waals surface area (Å²) in [5, 5.41) is 14.8. The molecular formula is C15H12N4O2. The van der Waals surface area contributed by atoms with Crippen molar-refractivity contribution in [3.05, 3.63) is 70.7 Å². The number of non-ortho nitro benzene ring substituents is 1. The van der Waals surface area contributed by atoms with Crippen LogP contribution < -0.4 is 5.32 Å². The van der Waals surface area contributed by atoms with E-state index < -0.39 is 4.92 Å². The predicted octanol–water partition coefficient (Wildman–Crippen LogP) is 3.15. The zero-order chi connectivity index (χ0) is 14.7. The first-order chi connectivity index (χ1) is 10.3. The van der Waals surface area contributed by atoms with Crippen LogP contribution in [0.5, 0.6) is 0 Å². The van der Waals surface area contributed by atoms with Gasteiger partial charge in [0.25, 0.3) is 5.69 Å². The molecule has 0 aliphatic carbocycles. The number of hydrogen-bond acceptors (Lipinski definition) is 5. The molecule has 104 valence electrons. The second kappa shape index (κ2) is 5.54. The predicted molar refractivity (Wildman–Crippen MR) is 80.0 cm³/mol. The number of anilines is 1. The number of benzene rings is 1. The van der Waals surface area contributed by atoms with Gasteiger partial charge in [0.05, 0.1) is 16.0 Å². The Labute approximate surface area is 120 Å². The maximum absolute atomic E-state index is 11.1.